The van der Waals surface area contributed by atoms with E-state index in [9.17, 15) is 39.6 Å². The van der Waals surface area contributed by atoms with Crippen LogP contribution in [0.25, 0.3) is 0 Å². The molecule has 12 heteroatoms. The van der Waals surface area contributed by atoms with E-state index >= 15 is 0 Å². The molecule has 2 aromatic carbocycles. The number of sulfonamides is 1. The van der Waals surface area contributed by atoms with Crippen LogP contribution in [0.3, 0.4) is 0 Å². The lowest BCUT2D eigenvalue weighted by atomic mass is 10.0. The van der Waals surface area contributed by atoms with Crippen molar-refractivity contribution in [2.75, 3.05) is 18.0 Å². The van der Waals surface area contributed by atoms with Crippen molar-refractivity contribution in [3.8, 4) is 0 Å². The van der Waals surface area contributed by atoms with Crippen LogP contribution in [0.5, 0.6) is 0 Å². The van der Waals surface area contributed by atoms with Crippen LogP contribution in [0.2, 0.25) is 0 Å². The molecule has 0 spiro atoms. The third kappa shape index (κ3) is 5.10. The highest BCUT2D eigenvalue weighted by molar-refractivity contribution is 7.89. The molecule has 2 unspecified atom stereocenters. The van der Waals surface area contributed by atoms with Gasteiger partial charge in [0.2, 0.25) is 10.0 Å². The first-order valence-electron chi connectivity index (χ1n) is 11.3. The Labute approximate surface area is 204 Å². The predicted octanol–water partition coefficient (Wildman–Crippen LogP) is 5.46. The first kappa shape index (κ1) is 26.5. The number of hydrogen-bond donors (Lipinski definition) is 0. The van der Waals surface area contributed by atoms with Crippen molar-refractivity contribution in [2.24, 2.45) is 0 Å². The summed E-state index contributed by atoms with van der Waals surface area (Å²) in [7, 11) is -4.49. The number of piperazine rings is 1. The predicted molar refractivity (Wildman–Crippen MR) is 120 cm³/mol. The molecule has 196 valence electrons. The van der Waals surface area contributed by atoms with E-state index in [2.05, 4.69) is 0 Å². The van der Waals surface area contributed by atoms with Crippen LogP contribution >= 0.6 is 0 Å². The van der Waals surface area contributed by atoms with Crippen molar-refractivity contribution in [1.29, 1.82) is 0 Å². The van der Waals surface area contributed by atoms with Crippen LogP contribution in [0.15, 0.2) is 47.4 Å². The van der Waals surface area contributed by atoms with Crippen LogP contribution < -0.4 is 4.90 Å². The maximum absolute atomic E-state index is 13.6. The fraction of sp³-hybridized carbons (Fsp3) is 0.458. The third-order valence-corrected chi connectivity index (χ3v) is 8.53. The zero-order chi connectivity index (χ0) is 26.6. The standard InChI is InChI=1S/C24H24F6N2O3S/c1-14-22(15(2)33)32(10-9-31(14)20-7-5-18(6-8-20)23(25,26)27)36(34,35)21-12-17(16-3-4-16)11-19(13-21)24(28,29)30/h5-8,11-14,16,22H,3-4,9-10H2,1-2H3. The summed E-state index contributed by atoms with van der Waals surface area (Å²) in [5, 5.41) is 0. The van der Waals surface area contributed by atoms with Crippen molar-refractivity contribution in [3.63, 3.8) is 0 Å². The number of alkyl halides is 6. The number of hydrogen-bond acceptors (Lipinski definition) is 4. The summed E-state index contributed by atoms with van der Waals surface area (Å²) < 4.78 is 107. The molecule has 2 aromatic rings. The highest BCUT2D eigenvalue weighted by atomic mass is 32.2. The number of carbonyl (C=O) groups is 1. The van der Waals surface area contributed by atoms with Gasteiger partial charge in [0.05, 0.1) is 16.0 Å². The fourth-order valence-electron chi connectivity index (χ4n) is 4.70. The maximum Gasteiger partial charge on any atom is 0.416 e. The van der Waals surface area contributed by atoms with Gasteiger partial charge in [-0.05, 0) is 80.6 Å². The number of ketones is 1. The molecule has 2 fully saturated rings. The maximum atomic E-state index is 13.6. The molecule has 1 aliphatic carbocycles. The largest absolute Gasteiger partial charge is 0.416 e. The normalized spacial score (nSPS) is 22.1. The van der Waals surface area contributed by atoms with Gasteiger partial charge in [-0.15, -0.1) is 0 Å². The molecule has 4 rings (SSSR count). The van der Waals surface area contributed by atoms with Crippen molar-refractivity contribution in [1.82, 2.24) is 4.31 Å². The number of benzene rings is 2. The molecule has 1 saturated carbocycles. The molecule has 5 nitrogen and oxygen atoms in total. The number of anilines is 1. The smallest absolute Gasteiger partial charge is 0.365 e. The van der Waals surface area contributed by atoms with Gasteiger partial charge in [-0.25, -0.2) is 8.42 Å². The monoisotopic (exact) mass is 534 g/mol. The van der Waals surface area contributed by atoms with E-state index in [1.807, 2.05) is 0 Å². The lowest BCUT2D eigenvalue weighted by molar-refractivity contribution is -0.138. The van der Waals surface area contributed by atoms with E-state index in [4.69, 9.17) is 0 Å². The van der Waals surface area contributed by atoms with E-state index < -0.39 is 56.3 Å². The van der Waals surface area contributed by atoms with Crippen LogP contribution in [0.1, 0.15) is 49.3 Å². The van der Waals surface area contributed by atoms with Gasteiger partial charge in [-0.1, -0.05) is 0 Å². The molecular formula is C24H24F6N2O3S. The van der Waals surface area contributed by atoms with Gasteiger partial charge in [0, 0.05) is 24.8 Å². The summed E-state index contributed by atoms with van der Waals surface area (Å²) in [6, 6.07) is 5.06. The van der Waals surface area contributed by atoms with Gasteiger partial charge >= 0.3 is 12.4 Å². The zero-order valence-electron chi connectivity index (χ0n) is 19.4. The second-order valence-electron chi connectivity index (χ2n) is 9.21. The van der Waals surface area contributed by atoms with Gasteiger partial charge in [0.25, 0.3) is 0 Å². The molecule has 0 N–H and O–H groups in total. The number of halogens is 6. The Morgan fingerprint density at radius 3 is 1.97 bits per heavy atom. The number of carbonyl (C=O) groups excluding carboxylic acids is 1. The average molecular weight is 535 g/mol. The number of Topliss-reactive ketones (excluding diaryl/α,β-unsaturated/α-hetero) is 1. The van der Waals surface area contributed by atoms with E-state index in [0.717, 1.165) is 22.5 Å². The number of rotatable bonds is 5. The Morgan fingerprint density at radius 2 is 1.47 bits per heavy atom. The second-order valence-corrected chi connectivity index (χ2v) is 11.1. The van der Waals surface area contributed by atoms with Gasteiger partial charge in [0.1, 0.15) is 11.8 Å². The Morgan fingerprint density at radius 1 is 0.889 bits per heavy atom. The van der Waals surface area contributed by atoms with Crippen molar-refractivity contribution in [2.45, 2.75) is 61.9 Å². The average Bonchev–Trinajstić information content (AvgIpc) is 3.63. The zero-order valence-corrected chi connectivity index (χ0v) is 20.2. The van der Waals surface area contributed by atoms with E-state index in [0.29, 0.717) is 30.2 Å². The summed E-state index contributed by atoms with van der Waals surface area (Å²) in [6.07, 6.45) is -7.94. The Hall–Kier alpha value is -2.60. The van der Waals surface area contributed by atoms with Gasteiger partial charge in [-0.3, -0.25) is 4.79 Å². The van der Waals surface area contributed by atoms with Gasteiger partial charge < -0.3 is 4.90 Å². The Kier molecular flexibility index (Phi) is 6.66. The van der Waals surface area contributed by atoms with Gasteiger partial charge in [-0.2, -0.15) is 30.6 Å². The lowest BCUT2D eigenvalue weighted by Gasteiger charge is -2.45. The summed E-state index contributed by atoms with van der Waals surface area (Å²) in [6.45, 7) is 2.55. The third-order valence-electron chi connectivity index (χ3n) is 6.67. The fourth-order valence-corrected chi connectivity index (χ4v) is 6.48. The topological polar surface area (TPSA) is 57.7 Å². The minimum absolute atomic E-state index is 0.0317. The molecule has 1 saturated heterocycles. The lowest BCUT2D eigenvalue weighted by Crippen LogP contribution is -2.62. The molecule has 1 aliphatic heterocycles. The van der Waals surface area contributed by atoms with Crippen LogP contribution in [0, 0.1) is 0 Å². The molecule has 2 aliphatic rings. The molecular weight excluding hydrogens is 510 g/mol. The van der Waals surface area contributed by atoms with Crippen molar-refractivity contribution in [3.05, 3.63) is 59.2 Å². The molecule has 0 aromatic heterocycles. The van der Waals surface area contributed by atoms with Crippen LogP contribution in [-0.4, -0.2) is 43.7 Å². The summed E-state index contributed by atoms with van der Waals surface area (Å²) in [4.78, 5) is 13.7. The molecule has 2 atom stereocenters. The second kappa shape index (κ2) is 9.05. The first-order chi connectivity index (χ1) is 16.6. The summed E-state index contributed by atoms with van der Waals surface area (Å²) in [5.41, 5.74) is -1.26. The molecule has 36 heavy (non-hydrogen) atoms. The molecule has 0 radical (unpaired) electrons. The van der Waals surface area contributed by atoms with Crippen LogP contribution in [0.4, 0.5) is 32.0 Å². The molecule has 0 amide bonds. The summed E-state index contributed by atoms with van der Waals surface area (Å²) >= 11 is 0. The highest BCUT2D eigenvalue weighted by Crippen LogP contribution is 2.44. The summed E-state index contributed by atoms with van der Waals surface area (Å²) in [5.74, 6) is -0.669. The SMILES string of the molecule is CC(=O)C1C(C)N(c2ccc(C(F)(F)F)cc2)CCN1S(=O)(=O)c1cc(C2CC2)cc(C(F)(F)F)c1. The van der Waals surface area contributed by atoms with E-state index in [1.54, 1.807) is 11.8 Å². The minimum Gasteiger partial charge on any atom is -0.365 e. The quantitative estimate of drug-likeness (QED) is 0.479. The first-order valence-corrected chi connectivity index (χ1v) is 12.7. The van der Waals surface area contributed by atoms with E-state index in [-0.39, 0.29) is 19.0 Å². The Bertz CT molecular complexity index is 1250. The molecule has 1 heterocycles. The molecule has 0 bridgehead atoms. The van der Waals surface area contributed by atoms with E-state index in [1.165, 1.54) is 25.1 Å². The van der Waals surface area contributed by atoms with Crippen LogP contribution in [-0.2, 0) is 27.2 Å². The minimum atomic E-state index is -4.75. The number of nitrogens with zero attached hydrogens (tertiary/aromatic N) is 2. The highest BCUT2D eigenvalue weighted by Gasteiger charge is 2.44. The van der Waals surface area contributed by atoms with Crippen molar-refractivity contribution < 1.29 is 39.6 Å². The van der Waals surface area contributed by atoms with Crippen molar-refractivity contribution >= 4 is 21.5 Å². The Balaban J connectivity index is 1.69. The van der Waals surface area contributed by atoms with Gasteiger partial charge in [0.15, 0.2) is 0 Å².